The summed E-state index contributed by atoms with van der Waals surface area (Å²) in [6.45, 7) is 0.625. The highest BCUT2D eigenvalue weighted by atomic mass is 32.1. The van der Waals surface area contributed by atoms with Crippen LogP contribution in [0.25, 0.3) is 28.0 Å². The number of nitrogens with zero attached hydrogens (tertiary/aromatic N) is 2. The average molecular weight is 382 g/mol. The molecule has 0 saturated heterocycles. The normalized spacial score (nSPS) is 11.3. The molecule has 138 valence electrons. The fraction of sp³-hybridized carbons (Fsp3) is 0.158. The Balaban J connectivity index is 1.91. The number of benzene rings is 2. The van der Waals surface area contributed by atoms with Gasteiger partial charge in [-0.2, -0.15) is 5.10 Å². The fourth-order valence-electron chi connectivity index (χ4n) is 3.15. The van der Waals surface area contributed by atoms with Crippen LogP contribution in [0.4, 0.5) is 0 Å². The number of fused-ring (bicyclic) bond motifs is 1. The van der Waals surface area contributed by atoms with Gasteiger partial charge >= 0.3 is 0 Å². The first-order valence-corrected chi connectivity index (χ1v) is 8.79. The van der Waals surface area contributed by atoms with E-state index < -0.39 is 0 Å². The summed E-state index contributed by atoms with van der Waals surface area (Å²) in [7, 11) is 1.68. The van der Waals surface area contributed by atoms with Gasteiger partial charge in [-0.25, -0.2) is 0 Å². The van der Waals surface area contributed by atoms with Gasteiger partial charge in [0.15, 0.2) is 10.6 Å². The van der Waals surface area contributed by atoms with Crippen molar-refractivity contribution in [3.63, 3.8) is 0 Å². The Morgan fingerprint density at radius 2 is 2.04 bits per heavy atom. The summed E-state index contributed by atoms with van der Waals surface area (Å²) in [5, 5.41) is 27.9. The molecule has 4 rings (SSSR count). The van der Waals surface area contributed by atoms with E-state index in [1.807, 2.05) is 18.2 Å². The second-order valence-corrected chi connectivity index (χ2v) is 6.55. The van der Waals surface area contributed by atoms with E-state index in [0.29, 0.717) is 22.8 Å². The number of nitrogens with one attached hydrogen (secondary N) is 2. The molecule has 4 N–H and O–H groups in total. The Bertz CT molecular complexity index is 1180. The minimum atomic E-state index is -0.0766. The number of methoxy groups -OCH3 is 1. The number of aromatic amines is 2. The molecule has 8 heteroatoms. The van der Waals surface area contributed by atoms with Gasteiger partial charge in [0.25, 0.3) is 0 Å². The van der Waals surface area contributed by atoms with E-state index in [1.54, 1.807) is 17.7 Å². The number of hydrogen-bond donors (Lipinski definition) is 4. The molecule has 0 bridgehead atoms. The number of ether oxygens (including phenoxy) is 1. The van der Waals surface area contributed by atoms with Gasteiger partial charge in [-0.05, 0) is 42.5 Å². The smallest absolute Gasteiger partial charge is 0.200 e. The molecule has 0 aliphatic heterocycles. The van der Waals surface area contributed by atoms with Gasteiger partial charge in [0.2, 0.25) is 0 Å². The van der Waals surface area contributed by atoms with Gasteiger partial charge in [0.05, 0.1) is 17.9 Å². The quantitative estimate of drug-likeness (QED) is 0.395. The first-order valence-electron chi connectivity index (χ1n) is 8.38. The van der Waals surface area contributed by atoms with Crippen LogP contribution in [0.5, 0.6) is 11.5 Å². The van der Waals surface area contributed by atoms with Crippen LogP contribution in [0.3, 0.4) is 0 Å². The van der Waals surface area contributed by atoms with E-state index >= 15 is 0 Å². The van der Waals surface area contributed by atoms with E-state index in [9.17, 15) is 10.2 Å². The van der Waals surface area contributed by atoms with Crippen molar-refractivity contribution in [1.29, 1.82) is 0 Å². The van der Waals surface area contributed by atoms with E-state index in [-0.39, 0.29) is 11.5 Å². The molecule has 2 heterocycles. The van der Waals surface area contributed by atoms with Crippen LogP contribution < -0.4 is 0 Å². The van der Waals surface area contributed by atoms with Gasteiger partial charge in [-0.15, -0.1) is 0 Å². The maximum absolute atomic E-state index is 10.3. The van der Waals surface area contributed by atoms with Gasteiger partial charge in [0, 0.05) is 36.2 Å². The Morgan fingerprint density at radius 1 is 1.19 bits per heavy atom. The summed E-state index contributed by atoms with van der Waals surface area (Å²) < 4.78 is 7.34. The van der Waals surface area contributed by atoms with Crippen molar-refractivity contribution >= 4 is 23.1 Å². The lowest BCUT2D eigenvalue weighted by atomic mass is 10.1. The molecule has 0 aliphatic carbocycles. The summed E-state index contributed by atoms with van der Waals surface area (Å²) >= 11 is 5.45. The van der Waals surface area contributed by atoms with Crippen molar-refractivity contribution in [2.24, 2.45) is 0 Å². The molecule has 0 spiro atoms. The second-order valence-electron chi connectivity index (χ2n) is 6.16. The van der Waals surface area contributed by atoms with E-state index in [2.05, 4.69) is 21.2 Å². The summed E-state index contributed by atoms with van der Waals surface area (Å²) in [5.74, 6) is 0.365. The molecule has 0 radical (unpaired) electrons. The number of aromatic hydroxyl groups is 2. The first-order chi connectivity index (χ1) is 13.1. The lowest BCUT2D eigenvalue weighted by Gasteiger charge is -2.10. The number of rotatable bonds is 5. The third-order valence-electron chi connectivity index (χ3n) is 4.41. The molecule has 27 heavy (non-hydrogen) atoms. The van der Waals surface area contributed by atoms with Crippen molar-refractivity contribution < 1.29 is 14.9 Å². The van der Waals surface area contributed by atoms with E-state index in [4.69, 9.17) is 17.0 Å². The zero-order chi connectivity index (χ0) is 19.0. The Labute approximate surface area is 159 Å². The summed E-state index contributed by atoms with van der Waals surface area (Å²) in [6.07, 6.45) is 0.771. The standard InChI is InChI=1S/C19H18N4O3S/c1-26-8-7-11-9-14-15(20-11)3-2-4-16(14)23-18(21-22-19(23)27)13-6-5-12(24)10-17(13)25/h2-6,9-10,20,24-25H,7-8H2,1H3,(H,22,27). The van der Waals surface area contributed by atoms with Crippen LogP contribution in [-0.2, 0) is 11.2 Å². The third kappa shape index (κ3) is 3.09. The molecule has 0 atom stereocenters. The second kappa shape index (κ2) is 6.90. The molecule has 0 amide bonds. The summed E-state index contributed by atoms with van der Waals surface area (Å²) in [6, 6.07) is 12.3. The zero-order valence-electron chi connectivity index (χ0n) is 14.6. The largest absolute Gasteiger partial charge is 0.508 e. The number of phenols is 2. The molecular weight excluding hydrogens is 364 g/mol. The zero-order valence-corrected chi connectivity index (χ0v) is 15.4. The Kier molecular flexibility index (Phi) is 4.43. The topological polar surface area (TPSA) is 99.1 Å². The molecular formula is C19H18N4O3S. The Hall–Kier alpha value is -3.10. The van der Waals surface area contributed by atoms with E-state index in [1.165, 1.54) is 12.1 Å². The maximum atomic E-state index is 10.3. The van der Waals surface area contributed by atoms with Gasteiger partial charge in [-0.3, -0.25) is 9.67 Å². The van der Waals surface area contributed by atoms with Crippen LogP contribution in [0.15, 0.2) is 42.5 Å². The SMILES string of the molecule is COCCc1cc2c(-n3c(-c4ccc(O)cc4O)n[nH]c3=S)cccc2[nH]1. The predicted octanol–water partition coefficient (Wildman–Crippen LogP) is 3.68. The molecule has 0 saturated carbocycles. The molecule has 2 aromatic heterocycles. The maximum Gasteiger partial charge on any atom is 0.200 e. The number of aromatic nitrogens is 4. The lowest BCUT2D eigenvalue weighted by molar-refractivity contribution is 0.201. The first kappa shape index (κ1) is 17.3. The fourth-order valence-corrected chi connectivity index (χ4v) is 3.38. The van der Waals surface area contributed by atoms with Crippen molar-refractivity contribution in [3.8, 4) is 28.6 Å². The van der Waals surface area contributed by atoms with E-state index in [0.717, 1.165) is 28.7 Å². The molecule has 0 fully saturated rings. The van der Waals surface area contributed by atoms with Crippen LogP contribution in [0.2, 0.25) is 0 Å². The minimum Gasteiger partial charge on any atom is -0.508 e. The van der Waals surface area contributed by atoms with Crippen LogP contribution in [0.1, 0.15) is 5.69 Å². The molecule has 4 aromatic rings. The van der Waals surface area contributed by atoms with Crippen LogP contribution >= 0.6 is 12.2 Å². The Morgan fingerprint density at radius 3 is 2.81 bits per heavy atom. The minimum absolute atomic E-state index is 0.0209. The van der Waals surface area contributed by atoms with Gasteiger partial charge in [0.1, 0.15) is 11.5 Å². The van der Waals surface area contributed by atoms with Crippen molar-refractivity contribution in [2.45, 2.75) is 6.42 Å². The summed E-state index contributed by atoms with van der Waals surface area (Å²) in [4.78, 5) is 3.39. The molecule has 0 aliphatic rings. The van der Waals surface area contributed by atoms with Gasteiger partial charge in [-0.1, -0.05) is 6.07 Å². The highest BCUT2D eigenvalue weighted by Crippen LogP contribution is 2.34. The third-order valence-corrected chi connectivity index (χ3v) is 4.68. The van der Waals surface area contributed by atoms with Crippen LogP contribution in [0, 0.1) is 4.77 Å². The molecule has 0 unspecified atom stereocenters. The van der Waals surface area contributed by atoms with Crippen molar-refractivity contribution in [3.05, 3.63) is 52.9 Å². The average Bonchev–Trinajstić information content (AvgIpc) is 3.23. The number of hydrogen-bond acceptors (Lipinski definition) is 5. The monoisotopic (exact) mass is 382 g/mol. The highest BCUT2D eigenvalue weighted by molar-refractivity contribution is 7.71. The highest BCUT2D eigenvalue weighted by Gasteiger charge is 2.17. The van der Waals surface area contributed by atoms with Crippen molar-refractivity contribution in [2.75, 3.05) is 13.7 Å². The van der Waals surface area contributed by atoms with Gasteiger partial charge < -0.3 is 19.9 Å². The molecule has 7 nitrogen and oxygen atoms in total. The lowest BCUT2D eigenvalue weighted by Crippen LogP contribution is -1.98. The number of phenolic OH excluding ortho intramolecular Hbond substituents is 2. The van der Waals surface area contributed by atoms with Crippen molar-refractivity contribution in [1.82, 2.24) is 19.7 Å². The number of H-pyrrole nitrogens is 2. The molecule has 2 aromatic carbocycles. The predicted molar refractivity (Wildman–Crippen MR) is 105 cm³/mol. The van der Waals surface area contributed by atoms with Crippen LogP contribution in [-0.4, -0.2) is 43.7 Å². The summed E-state index contributed by atoms with van der Waals surface area (Å²) in [5.41, 5.74) is 3.34.